The summed E-state index contributed by atoms with van der Waals surface area (Å²) in [5.74, 6) is 4.82. The lowest BCUT2D eigenvalue weighted by Crippen LogP contribution is -2.34. The molecule has 28 heavy (non-hydrogen) atoms. The van der Waals surface area contributed by atoms with Crippen LogP contribution in [0.1, 0.15) is 36.0 Å². The second-order valence-electron chi connectivity index (χ2n) is 7.35. The molecule has 2 aliphatic rings. The third kappa shape index (κ3) is 3.54. The minimum absolute atomic E-state index is 0.489. The minimum Gasteiger partial charge on any atom is -0.493 e. The molecule has 3 heterocycles. The Labute approximate surface area is 165 Å². The largest absolute Gasteiger partial charge is 0.493 e. The lowest BCUT2D eigenvalue weighted by Gasteiger charge is -2.32. The van der Waals surface area contributed by atoms with Gasteiger partial charge in [0.05, 0.1) is 27.9 Å². The first-order chi connectivity index (χ1) is 13.7. The number of rotatable bonds is 6. The molecule has 2 aromatic rings. The van der Waals surface area contributed by atoms with E-state index in [1.807, 2.05) is 6.07 Å². The van der Waals surface area contributed by atoms with Gasteiger partial charge in [-0.15, -0.1) is 10.2 Å². The third-order valence-corrected chi connectivity index (χ3v) is 5.78. The van der Waals surface area contributed by atoms with Crippen molar-refractivity contribution in [3.8, 4) is 17.2 Å². The van der Waals surface area contributed by atoms with E-state index in [2.05, 4.69) is 31.0 Å². The van der Waals surface area contributed by atoms with Crippen molar-refractivity contribution in [1.82, 2.24) is 25.0 Å². The van der Waals surface area contributed by atoms with Crippen molar-refractivity contribution >= 4 is 0 Å². The van der Waals surface area contributed by atoms with Gasteiger partial charge in [-0.2, -0.15) is 0 Å². The van der Waals surface area contributed by atoms with E-state index in [0.717, 1.165) is 69.2 Å². The van der Waals surface area contributed by atoms with Crippen LogP contribution in [-0.2, 0) is 19.6 Å². The summed E-state index contributed by atoms with van der Waals surface area (Å²) in [6, 6.07) is 4.01. The number of ether oxygens (including phenoxy) is 3. The number of likely N-dealkylation sites (tertiary alicyclic amines) is 1. The predicted octanol–water partition coefficient (Wildman–Crippen LogP) is 1.79. The van der Waals surface area contributed by atoms with Gasteiger partial charge in [0.1, 0.15) is 11.6 Å². The van der Waals surface area contributed by atoms with E-state index in [4.69, 9.17) is 14.2 Å². The molecule has 8 heteroatoms. The van der Waals surface area contributed by atoms with E-state index in [9.17, 15) is 0 Å². The Morgan fingerprint density at radius 1 is 1.00 bits per heavy atom. The van der Waals surface area contributed by atoms with Gasteiger partial charge in [-0.25, -0.2) is 0 Å². The highest BCUT2D eigenvalue weighted by Gasteiger charge is 2.28. The molecule has 1 saturated heterocycles. The highest BCUT2D eigenvalue weighted by atomic mass is 16.5. The number of benzene rings is 1. The molecule has 4 rings (SSSR count). The summed E-state index contributed by atoms with van der Waals surface area (Å²) in [6.45, 7) is 5.69. The van der Waals surface area contributed by atoms with Gasteiger partial charge in [0.15, 0.2) is 11.5 Å². The lowest BCUT2D eigenvalue weighted by molar-refractivity contribution is 0.196. The fourth-order valence-electron chi connectivity index (χ4n) is 4.29. The molecule has 0 radical (unpaired) electrons. The van der Waals surface area contributed by atoms with Gasteiger partial charge in [0.25, 0.3) is 0 Å². The van der Waals surface area contributed by atoms with Gasteiger partial charge in [-0.1, -0.05) is 6.07 Å². The molecule has 1 aromatic carbocycles. The molecule has 1 aromatic heterocycles. The number of fused-ring (bicyclic) bond motifs is 1. The average molecular weight is 387 g/mol. The maximum Gasteiger partial charge on any atom is 0.203 e. The van der Waals surface area contributed by atoms with Gasteiger partial charge < -0.3 is 24.1 Å². The van der Waals surface area contributed by atoms with Crippen LogP contribution in [0.15, 0.2) is 12.1 Å². The van der Waals surface area contributed by atoms with Crippen LogP contribution >= 0.6 is 0 Å². The summed E-state index contributed by atoms with van der Waals surface area (Å²) >= 11 is 0. The number of hydrogen-bond donors (Lipinski definition) is 1. The molecule has 0 amide bonds. The highest BCUT2D eigenvalue weighted by molar-refractivity contribution is 5.55. The third-order valence-electron chi connectivity index (χ3n) is 5.78. The molecule has 0 atom stereocenters. The first-order valence-electron chi connectivity index (χ1n) is 9.88. The molecule has 2 aliphatic heterocycles. The number of methoxy groups -OCH3 is 3. The van der Waals surface area contributed by atoms with Crippen LogP contribution in [0.2, 0.25) is 0 Å². The quantitative estimate of drug-likeness (QED) is 0.810. The van der Waals surface area contributed by atoms with E-state index >= 15 is 0 Å². The van der Waals surface area contributed by atoms with Crippen LogP contribution < -0.4 is 19.5 Å². The molecule has 0 saturated carbocycles. The molecule has 0 aliphatic carbocycles. The maximum atomic E-state index is 5.63. The van der Waals surface area contributed by atoms with Crippen LogP contribution in [0.5, 0.6) is 17.2 Å². The second kappa shape index (κ2) is 8.36. The van der Waals surface area contributed by atoms with E-state index in [-0.39, 0.29) is 0 Å². The maximum absolute atomic E-state index is 5.63. The normalized spacial score (nSPS) is 18.0. The molecule has 0 unspecified atom stereocenters. The Bertz CT molecular complexity index is 814. The molecule has 1 fully saturated rings. The monoisotopic (exact) mass is 387 g/mol. The first kappa shape index (κ1) is 19.0. The second-order valence-corrected chi connectivity index (χ2v) is 7.35. The van der Waals surface area contributed by atoms with E-state index in [1.54, 1.807) is 21.3 Å². The van der Waals surface area contributed by atoms with E-state index in [0.29, 0.717) is 17.4 Å². The Morgan fingerprint density at radius 2 is 1.79 bits per heavy atom. The van der Waals surface area contributed by atoms with Gasteiger partial charge in [0, 0.05) is 31.1 Å². The summed E-state index contributed by atoms with van der Waals surface area (Å²) < 4.78 is 18.8. The van der Waals surface area contributed by atoms with Crippen LogP contribution in [0.3, 0.4) is 0 Å². The van der Waals surface area contributed by atoms with Crippen molar-refractivity contribution < 1.29 is 14.2 Å². The van der Waals surface area contributed by atoms with Crippen molar-refractivity contribution in [2.75, 3.05) is 41.0 Å². The smallest absolute Gasteiger partial charge is 0.203 e. The number of nitrogens with zero attached hydrogens (tertiary/aromatic N) is 4. The molecule has 0 bridgehead atoms. The van der Waals surface area contributed by atoms with Crippen molar-refractivity contribution in [3.63, 3.8) is 0 Å². The number of hydrogen-bond acceptors (Lipinski definition) is 7. The Morgan fingerprint density at radius 3 is 2.50 bits per heavy atom. The Hall–Kier alpha value is -2.32. The summed E-state index contributed by atoms with van der Waals surface area (Å²) in [6.07, 6.45) is 2.20. The molecule has 152 valence electrons. The van der Waals surface area contributed by atoms with Crippen molar-refractivity contribution in [2.45, 2.75) is 38.4 Å². The van der Waals surface area contributed by atoms with Crippen molar-refractivity contribution in [1.29, 1.82) is 0 Å². The molecular formula is C20H29N5O3. The molecule has 0 spiro atoms. The van der Waals surface area contributed by atoms with Crippen LogP contribution in [0.25, 0.3) is 0 Å². The van der Waals surface area contributed by atoms with Crippen molar-refractivity contribution in [3.05, 3.63) is 29.3 Å². The zero-order valence-corrected chi connectivity index (χ0v) is 16.9. The minimum atomic E-state index is 0.489. The van der Waals surface area contributed by atoms with E-state index in [1.165, 1.54) is 5.82 Å². The molecule has 1 N–H and O–H groups in total. The summed E-state index contributed by atoms with van der Waals surface area (Å²) in [4.78, 5) is 2.47. The van der Waals surface area contributed by atoms with E-state index < -0.39 is 0 Å². The molecular weight excluding hydrogens is 358 g/mol. The average Bonchev–Trinajstić information content (AvgIpc) is 3.18. The predicted molar refractivity (Wildman–Crippen MR) is 105 cm³/mol. The molecule has 8 nitrogen and oxygen atoms in total. The summed E-state index contributed by atoms with van der Waals surface area (Å²) in [5.41, 5.74) is 1.12. The zero-order chi connectivity index (χ0) is 19.5. The zero-order valence-electron chi connectivity index (χ0n) is 16.9. The Balaban J connectivity index is 1.43. The van der Waals surface area contributed by atoms with Crippen LogP contribution in [0, 0.1) is 0 Å². The number of piperidine rings is 1. The lowest BCUT2D eigenvalue weighted by atomic mass is 9.95. The standard InChI is InChI=1S/C20H29N5O3/c1-26-16-5-4-15(18(27-2)19(16)28-3)13-24-9-6-14(7-10-24)20-23-22-17-12-21-8-11-25(17)20/h4-5,14,21H,6-13H2,1-3H3. The SMILES string of the molecule is COc1ccc(CN2CCC(c3nnc4n3CCNC4)CC2)c(OC)c1OC. The number of nitrogens with one attached hydrogen (secondary N) is 1. The highest BCUT2D eigenvalue weighted by Crippen LogP contribution is 2.40. The summed E-state index contributed by atoms with van der Waals surface area (Å²) in [5, 5.41) is 12.2. The number of aromatic nitrogens is 3. The van der Waals surface area contributed by atoms with Gasteiger partial charge in [-0.3, -0.25) is 4.90 Å². The van der Waals surface area contributed by atoms with Crippen LogP contribution in [0.4, 0.5) is 0 Å². The fourth-order valence-corrected chi connectivity index (χ4v) is 4.29. The summed E-state index contributed by atoms with van der Waals surface area (Å²) in [7, 11) is 4.96. The van der Waals surface area contributed by atoms with Gasteiger partial charge in [0.2, 0.25) is 5.75 Å². The fraction of sp³-hybridized carbons (Fsp3) is 0.600. The van der Waals surface area contributed by atoms with Gasteiger partial charge in [-0.05, 0) is 32.0 Å². The van der Waals surface area contributed by atoms with Crippen LogP contribution in [-0.4, -0.2) is 60.6 Å². The van der Waals surface area contributed by atoms with Crippen molar-refractivity contribution in [2.24, 2.45) is 0 Å². The topological polar surface area (TPSA) is 73.7 Å². The first-order valence-corrected chi connectivity index (χ1v) is 9.88. The van der Waals surface area contributed by atoms with Gasteiger partial charge >= 0.3 is 0 Å². The Kier molecular flexibility index (Phi) is 5.68.